The Morgan fingerprint density at radius 1 is 1.50 bits per heavy atom. The summed E-state index contributed by atoms with van der Waals surface area (Å²) in [6.07, 6.45) is 3.27. The van der Waals surface area contributed by atoms with Crippen LogP contribution in [0.25, 0.3) is 0 Å². The van der Waals surface area contributed by atoms with Gasteiger partial charge in [-0.15, -0.1) is 0 Å². The van der Waals surface area contributed by atoms with Crippen molar-refractivity contribution in [3.8, 4) is 0 Å². The Bertz CT molecular complexity index is 238. The molecule has 1 heterocycles. The Kier molecular flexibility index (Phi) is 5.65. The van der Waals surface area contributed by atoms with E-state index in [0.717, 1.165) is 12.7 Å². The number of hydrogen-bond donors (Lipinski definition) is 1. The number of aldehydes is 1. The maximum Gasteiger partial charge on any atom is 0.306 e. The maximum absolute atomic E-state index is 10.4. The molecule has 4 heteroatoms. The van der Waals surface area contributed by atoms with Gasteiger partial charge in [0.2, 0.25) is 0 Å². The van der Waals surface area contributed by atoms with Crippen molar-refractivity contribution in [2.45, 2.75) is 64.6 Å². The molecule has 1 saturated heterocycles. The van der Waals surface area contributed by atoms with Crippen LogP contribution in [0.5, 0.6) is 0 Å². The molecule has 0 aliphatic carbocycles. The predicted molar refractivity (Wildman–Crippen MR) is 61.0 cm³/mol. The fourth-order valence-corrected chi connectivity index (χ4v) is 1.23. The average molecular weight is 230 g/mol. The van der Waals surface area contributed by atoms with Gasteiger partial charge in [-0.1, -0.05) is 0 Å². The van der Waals surface area contributed by atoms with Gasteiger partial charge < -0.3 is 14.6 Å². The Morgan fingerprint density at radius 3 is 2.19 bits per heavy atom. The van der Waals surface area contributed by atoms with Gasteiger partial charge in [-0.3, -0.25) is 4.79 Å². The molecule has 16 heavy (non-hydrogen) atoms. The number of ether oxygens (including phenoxy) is 1. The Morgan fingerprint density at radius 2 is 2.06 bits per heavy atom. The molecule has 0 aromatic heterocycles. The molecule has 0 aromatic rings. The first-order valence-corrected chi connectivity index (χ1v) is 5.54. The van der Waals surface area contributed by atoms with Crippen molar-refractivity contribution in [3.05, 3.63) is 0 Å². The van der Waals surface area contributed by atoms with Crippen LogP contribution in [0.1, 0.15) is 53.4 Å². The third kappa shape index (κ3) is 8.41. The molecule has 0 bridgehead atoms. The lowest BCUT2D eigenvalue weighted by Crippen LogP contribution is -2.17. The van der Waals surface area contributed by atoms with Crippen LogP contribution < -0.4 is 0 Å². The van der Waals surface area contributed by atoms with Gasteiger partial charge in [-0.25, -0.2) is 0 Å². The molecule has 1 rings (SSSR count). The van der Waals surface area contributed by atoms with Gasteiger partial charge in [0.1, 0.15) is 11.9 Å². The minimum atomic E-state index is -0.680. The SMILES string of the molecule is CC(C)(O)CCC=O.CC1(C)CCC(=O)O1. The fraction of sp³-hybridized carbons (Fsp3) is 0.833. The van der Waals surface area contributed by atoms with Crippen LogP contribution in [-0.4, -0.2) is 28.6 Å². The van der Waals surface area contributed by atoms with E-state index in [-0.39, 0.29) is 11.6 Å². The largest absolute Gasteiger partial charge is 0.460 e. The van der Waals surface area contributed by atoms with Crippen LogP contribution in [0.3, 0.4) is 0 Å². The van der Waals surface area contributed by atoms with Crippen LogP contribution in [0.15, 0.2) is 0 Å². The van der Waals surface area contributed by atoms with Gasteiger partial charge in [0, 0.05) is 12.8 Å². The Hall–Kier alpha value is -0.900. The van der Waals surface area contributed by atoms with Gasteiger partial charge in [0.25, 0.3) is 0 Å². The van der Waals surface area contributed by atoms with E-state index in [1.807, 2.05) is 13.8 Å². The smallest absolute Gasteiger partial charge is 0.306 e. The van der Waals surface area contributed by atoms with Crippen molar-refractivity contribution in [2.24, 2.45) is 0 Å². The van der Waals surface area contributed by atoms with Gasteiger partial charge in [0.05, 0.1) is 5.60 Å². The number of hydrogen-bond acceptors (Lipinski definition) is 4. The molecule has 0 aromatic carbocycles. The summed E-state index contributed by atoms with van der Waals surface area (Å²) in [5.41, 5.74) is -0.863. The highest BCUT2D eigenvalue weighted by molar-refractivity contribution is 5.72. The number of aliphatic hydroxyl groups is 1. The van der Waals surface area contributed by atoms with E-state index in [1.165, 1.54) is 0 Å². The second-order valence-electron chi connectivity index (χ2n) is 5.25. The molecule has 1 aliphatic rings. The molecule has 1 aliphatic heterocycles. The number of cyclic esters (lactones) is 1. The van der Waals surface area contributed by atoms with Crippen molar-refractivity contribution in [3.63, 3.8) is 0 Å². The third-order valence-electron chi connectivity index (χ3n) is 2.20. The van der Waals surface area contributed by atoms with E-state index in [9.17, 15) is 9.59 Å². The molecule has 0 spiro atoms. The monoisotopic (exact) mass is 230 g/mol. The zero-order valence-corrected chi connectivity index (χ0v) is 10.6. The first-order valence-electron chi connectivity index (χ1n) is 5.54. The average Bonchev–Trinajstić information content (AvgIpc) is 2.40. The van der Waals surface area contributed by atoms with E-state index >= 15 is 0 Å². The highest BCUT2D eigenvalue weighted by Crippen LogP contribution is 2.24. The quantitative estimate of drug-likeness (QED) is 0.593. The third-order valence-corrected chi connectivity index (χ3v) is 2.20. The lowest BCUT2D eigenvalue weighted by molar-refractivity contribution is -0.145. The lowest BCUT2D eigenvalue weighted by Gasteiger charge is -2.14. The van der Waals surface area contributed by atoms with Crippen LogP contribution in [0, 0.1) is 0 Å². The standard InChI is InChI=1S/C6H10O2.C6H12O2/c1-6(2)4-3-5(7)8-6;1-6(2,8)4-3-5-7/h3-4H2,1-2H3;5,8H,3-4H2,1-2H3. The first-order chi connectivity index (χ1) is 7.16. The highest BCUT2D eigenvalue weighted by Gasteiger charge is 2.30. The molecule has 0 amide bonds. The summed E-state index contributed by atoms with van der Waals surface area (Å²) in [5, 5.41) is 8.99. The number of carbonyl (C=O) groups is 2. The zero-order valence-electron chi connectivity index (χ0n) is 10.6. The van der Waals surface area contributed by atoms with E-state index < -0.39 is 5.60 Å². The second kappa shape index (κ2) is 5.99. The van der Waals surface area contributed by atoms with E-state index in [4.69, 9.17) is 9.84 Å². The molecule has 1 fully saturated rings. The minimum Gasteiger partial charge on any atom is -0.460 e. The van der Waals surface area contributed by atoms with E-state index in [2.05, 4.69) is 0 Å². The van der Waals surface area contributed by atoms with E-state index in [0.29, 0.717) is 19.3 Å². The first kappa shape index (κ1) is 15.1. The number of esters is 1. The van der Waals surface area contributed by atoms with Gasteiger partial charge in [-0.05, 0) is 40.5 Å². The summed E-state index contributed by atoms with van der Waals surface area (Å²) in [4.78, 5) is 20.2. The molecule has 0 atom stereocenters. The summed E-state index contributed by atoms with van der Waals surface area (Å²) in [6.45, 7) is 7.24. The molecular formula is C12H22O4. The Balaban J connectivity index is 0.000000281. The normalized spacial score (nSPS) is 18.4. The Labute approximate surface area is 97.0 Å². The maximum atomic E-state index is 10.4. The van der Waals surface area contributed by atoms with Crippen LogP contribution in [0.2, 0.25) is 0 Å². The zero-order chi connectivity index (χ0) is 12.8. The van der Waals surface area contributed by atoms with Gasteiger partial charge in [-0.2, -0.15) is 0 Å². The molecule has 4 nitrogen and oxygen atoms in total. The van der Waals surface area contributed by atoms with E-state index in [1.54, 1.807) is 13.8 Å². The highest BCUT2D eigenvalue weighted by atomic mass is 16.6. The molecule has 1 N–H and O–H groups in total. The van der Waals surface area contributed by atoms with Crippen LogP contribution in [0.4, 0.5) is 0 Å². The van der Waals surface area contributed by atoms with Crippen molar-refractivity contribution in [1.82, 2.24) is 0 Å². The second-order valence-corrected chi connectivity index (χ2v) is 5.25. The molecule has 0 unspecified atom stereocenters. The van der Waals surface area contributed by atoms with Gasteiger partial charge >= 0.3 is 5.97 Å². The van der Waals surface area contributed by atoms with Crippen LogP contribution in [-0.2, 0) is 14.3 Å². The molecule has 94 valence electrons. The molecule has 0 radical (unpaired) electrons. The molecule has 0 saturated carbocycles. The number of rotatable bonds is 3. The van der Waals surface area contributed by atoms with Crippen molar-refractivity contribution in [1.29, 1.82) is 0 Å². The van der Waals surface area contributed by atoms with Crippen molar-refractivity contribution in [2.75, 3.05) is 0 Å². The summed E-state index contributed by atoms with van der Waals surface area (Å²) >= 11 is 0. The molecular weight excluding hydrogens is 208 g/mol. The predicted octanol–water partition coefficient (Wildman–Crippen LogP) is 1.84. The van der Waals surface area contributed by atoms with Crippen molar-refractivity contribution < 1.29 is 19.4 Å². The lowest BCUT2D eigenvalue weighted by atomic mass is 10.0. The number of carbonyl (C=O) groups excluding carboxylic acids is 2. The van der Waals surface area contributed by atoms with Gasteiger partial charge in [0.15, 0.2) is 0 Å². The summed E-state index contributed by atoms with van der Waals surface area (Å²) in [5.74, 6) is -0.0602. The fourth-order valence-electron chi connectivity index (χ4n) is 1.23. The minimum absolute atomic E-state index is 0.0602. The summed E-state index contributed by atoms with van der Waals surface area (Å²) in [7, 11) is 0. The summed E-state index contributed by atoms with van der Waals surface area (Å²) < 4.78 is 4.91. The van der Waals surface area contributed by atoms with Crippen molar-refractivity contribution >= 4 is 12.3 Å². The van der Waals surface area contributed by atoms with Crippen LogP contribution >= 0.6 is 0 Å². The topological polar surface area (TPSA) is 63.6 Å². The summed E-state index contributed by atoms with van der Waals surface area (Å²) in [6, 6.07) is 0.